The van der Waals surface area contributed by atoms with Gasteiger partial charge in [0.1, 0.15) is 6.04 Å². The van der Waals surface area contributed by atoms with Crippen LogP contribution in [-0.2, 0) is 22.4 Å². The highest BCUT2D eigenvalue weighted by atomic mass is 16.5. The summed E-state index contributed by atoms with van der Waals surface area (Å²) in [5.41, 5.74) is 3.09. The van der Waals surface area contributed by atoms with Crippen LogP contribution in [0, 0.1) is 0 Å². The summed E-state index contributed by atoms with van der Waals surface area (Å²) in [5, 5.41) is 14.5. The van der Waals surface area contributed by atoms with E-state index in [9.17, 15) is 9.90 Å². The number of hydrogen-bond donors (Lipinski definition) is 2. The summed E-state index contributed by atoms with van der Waals surface area (Å²) in [5.74, 6) is -0.320. The van der Waals surface area contributed by atoms with Crippen molar-refractivity contribution in [1.82, 2.24) is 5.32 Å². The van der Waals surface area contributed by atoms with Gasteiger partial charge in [0.25, 0.3) is 0 Å². The van der Waals surface area contributed by atoms with Crippen molar-refractivity contribution in [3.05, 3.63) is 114 Å². The number of rotatable bonds is 11. The number of carbonyl (C=O) groups excluding carboxylic acids is 1. The number of benzene rings is 3. The standard InChI is InChI=1S/C29H33NO3/c1-22(2)33-29(32)27(20-24-14-8-4-9-15-24)30-26(19-18-23-12-6-3-7-13-23)28(31)21-25-16-10-5-11-17-25/h3-19,22,26-28,30-31H,20-21H2,1-2H3/b19-18+/t26-,27-,28+/m1/s1. The maximum Gasteiger partial charge on any atom is 0.323 e. The first-order valence-electron chi connectivity index (χ1n) is 11.5. The number of nitrogens with one attached hydrogen (secondary N) is 1. The summed E-state index contributed by atoms with van der Waals surface area (Å²) in [6.07, 6.45) is 3.90. The highest BCUT2D eigenvalue weighted by molar-refractivity contribution is 5.76. The minimum absolute atomic E-state index is 0.217. The summed E-state index contributed by atoms with van der Waals surface area (Å²) in [6.45, 7) is 3.68. The molecule has 0 bridgehead atoms. The molecule has 4 heteroatoms. The van der Waals surface area contributed by atoms with Crippen LogP contribution >= 0.6 is 0 Å². The van der Waals surface area contributed by atoms with Gasteiger partial charge < -0.3 is 9.84 Å². The molecule has 0 aliphatic rings. The molecule has 2 N–H and O–H groups in total. The molecule has 0 saturated carbocycles. The molecule has 0 fully saturated rings. The Labute approximate surface area is 196 Å². The Morgan fingerprint density at radius 1 is 0.848 bits per heavy atom. The van der Waals surface area contributed by atoms with Gasteiger partial charge in [-0.1, -0.05) is 103 Å². The second-order valence-corrected chi connectivity index (χ2v) is 8.45. The first-order valence-corrected chi connectivity index (χ1v) is 11.5. The highest BCUT2D eigenvalue weighted by Gasteiger charge is 2.27. The molecule has 3 atom stereocenters. The van der Waals surface area contributed by atoms with Crippen LogP contribution in [0.1, 0.15) is 30.5 Å². The molecule has 0 aliphatic carbocycles. The molecular weight excluding hydrogens is 410 g/mol. The zero-order valence-electron chi connectivity index (χ0n) is 19.3. The van der Waals surface area contributed by atoms with Gasteiger partial charge in [-0.3, -0.25) is 10.1 Å². The molecule has 0 amide bonds. The molecule has 0 radical (unpaired) electrons. The fourth-order valence-electron chi connectivity index (χ4n) is 3.66. The number of aliphatic hydroxyl groups excluding tert-OH is 1. The van der Waals surface area contributed by atoms with E-state index in [-0.39, 0.29) is 12.1 Å². The van der Waals surface area contributed by atoms with Crippen LogP contribution in [0.3, 0.4) is 0 Å². The van der Waals surface area contributed by atoms with Crippen molar-refractivity contribution in [2.24, 2.45) is 0 Å². The van der Waals surface area contributed by atoms with Gasteiger partial charge in [-0.05, 0) is 37.0 Å². The topological polar surface area (TPSA) is 58.6 Å². The van der Waals surface area contributed by atoms with Gasteiger partial charge in [0.15, 0.2) is 0 Å². The Morgan fingerprint density at radius 3 is 1.91 bits per heavy atom. The number of esters is 1. The first-order chi connectivity index (χ1) is 16.0. The lowest BCUT2D eigenvalue weighted by molar-refractivity contribution is -0.150. The summed E-state index contributed by atoms with van der Waals surface area (Å²) >= 11 is 0. The fourth-order valence-corrected chi connectivity index (χ4v) is 3.66. The third-order valence-electron chi connectivity index (χ3n) is 5.31. The molecule has 3 rings (SSSR count). The van der Waals surface area contributed by atoms with Crippen molar-refractivity contribution in [3.8, 4) is 0 Å². The molecule has 0 unspecified atom stereocenters. The molecule has 0 aliphatic heterocycles. The molecule has 0 heterocycles. The molecule has 33 heavy (non-hydrogen) atoms. The molecular formula is C29H33NO3. The van der Waals surface area contributed by atoms with E-state index in [0.717, 1.165) is 16.7 Å². The Kier molecular flexibility index (Phi) is 9.43. The fraction of sp³-hybridized carbons (Fsp3) is 0.276. The Balaban J connectivity index is 1.84. The number of hydrogen-bond acceptors (Lipinski definition) is 4. The third kappa shape index (κ3) is 8.33. The van der Waals surface area contributed by atoms with E-state index < -0.39 is 18.2 Å². The molecule has 172 valence electrons. The van der Waals surface area contributed by atoms with Crippen LogP contribution < -0.4 is 5.32 Å². The van der Waals surface area contributed by atoms with Gasteiger partial charge in [0, 0.05) is 6.42 Å². The van der Waals surface area contributed by atoms with Crippen LogP contribution in [0.15, 0.2) is 97.1 Å². The van der Waals surface area contributed by atoms with Crippen molar-refractivity contribution < 1.29 is 14.6 Å². The van der Waals surface area contributed by atoms with E-state index in [2.05, 4.69) is 5.32 Å². The van der Waals surface area contributed by atoms with Crippen LogP contribution in [0.2, 0.25) is 0 Å². The average Bonchev–Trinajstić information content (AvgIpc) is 2.82. The zero-order valence-corrected chi connectivity index (χ0v) is 19.3. The van der Waals surface area contributed by atoms with Crippen molar-refractivity contribution in [2.45, 2.75) is 51.0 Å². The summed E-state index contributed by atoms with van der Waals surface area (Å²) in [4.78, 5) is 13.0. The molecule has 0 saturated heterocycles. The van der Waals surface area contributed by atoms with Crippen LogP contribution in [-0.4, -0.2) is 35.4 Å². The maximum atomic E-state index is 13.0. The Bertz CT molecular complexity index is 987. The summed E-state index contributed by atoms with van der Waals surface area (Å²) in [7, 11) is 0. The van der Waals surface area contributed by atoms with E-state index in [1.165, 1.54) is 0 Å². The average molecular weight is 444 g/mol. The van der Waals surface area contributed by atoms with Crippen molar-refractivity contribution in [1.29, 1.82) is 0 Å². The molecule has 4 nitrogen and oxygen atoms in total. The van der Waals surface area contributed by atoms with Crippen molar-refractivity contribution >= 4 is 12.0 Å². The zero-order chi connectivity index (χ0) is 23.5. The van der Waals surface area contributed by atoms with E-state index in [1.54, 1.807) is 0 Å². The molecule has 3 aromatic carbocycles. The van der Waals surface area contributed by atoms with Gasteiger partial charge in [-0.25, -0.2) is 0 Å². The number of ether oxygens (including phenoxy) is 1. The predicted molar refractivity (Wildman–Crippen MR) is 134 cm³/mol. The van der Waals surface area contributed by atoms with E-state index in [4.69, 9.17) is 4.74 Å². The number of aliphatic hydroxyl groups is 1. The predicted octanol–water partition coefficient (Wildman–Crippen LogP) is 4.82. The van der Waals surface area contributed by atoms with Crippen LogP contribution in [0.5, 0.6) is 0 Å². The van der Waals surface area contributed by atoms with Crippen LogP contribution in [0.25, 0.3) is 6.08 Å². The lowest BCUT2D eigenvalue weighted by Crippen LogP contribution is -2.50. The SMILES string of the molecule is CC(C)OC(=O)[C@@H](Cc1ccccc1)N[C@H](/C=C/c1ccccc1)[C@@H](O)Cc1ccccc1. The van der Waals surface area contributed by atoms with Gasteiger partial charge in [0.2, 0.25) is 0 Å². The smallest absolute Gasteiger partial charge is 0.323 e. The lowest BCUT2D eigenvalue weighted by atomic mass is 9.98. The normalized spacial score (nSPS) is 14.2. The Morgan fingerprint density at radius 2 is 1.36 bits per heavy atom. The van der Waals surface area contributed by atoms with Crippen molar-refractivity contribution in [2.75, 3.05) is 0 Å². The van der Waals surface area contributed by atoms with Gasteiger partial charge in [-0.15, -0.1) is 0 Å². The maximum absolute atomic E-state index is 13.0. The summed E-state index contributed by atoms with van der Waals surface area (Å²) in [6, 6.07) is 28.6. The highest BCUT2D eigenvalue weighted by Crippen LogP contribution is 2.13. The largest absolute Gasteiger partial charge is 0.462 e. The first kappa shape index (κ1) is 24.4. The van der Waals surface area contributed by atoms with Gasteiger partial charge >= 0.3 is 5.97 Å². The third-order valence-corrected chi connectivity index (χ3v) is 5.31. The van der Waals surface area contributed by atoms with Crippen molar-refractivity contribution in [3.63, 3.8) is 0 Å². The molecule has 0 spiro atoms. The number of carbonyl (C=O) groups is 1. The van der Waals surface area contributed by atoms with E-state index >= 15 is 0 Å². The second-order valence-electron chi connectivity index (χ2n) is 8.45. The van der Waals surface area contributed by atoms with E-state index in [0.29, 0.717) is 12.8 Å². The monoisotopic (exact) mass is 443 g/mol. The lowest BCUT2D eigenvalue weighted by Gasteiger charge is -2.27. The van der Waals surface area contributed by atoms with Gasteiger partial charge in [-0.2, -0.15) is 0 Å². The van der Waals surface area contributed by atoms with E-state index in [1.807, 2.05) is 117 Å². The quantitative estimate of drug-likeness (QED) is 0.417. The second kappa shape index (κ2) is 12.7. The van der Waals surface area contributed by atoms with Gasteiger partial charge in [0.05, 0.1) is 18.2 Å². The minimum Gasteiger partial charge on any atom is -0.462 e. The Hall–Kier alpha value is -3.21. The summed E-state index contributed by atoms with van der Waals surface area (Å²) < 4.78 is 5.54. The molecule has 3 aromatic rings. The molecule has 0 aromatic heterocycles. The van der Waals surface area contributed by atoms with Crippen LogP contribution in [0.4, 0.5) is 0 Å². The minimum atomic E-state index is -0.725.